The molecule has 4 nitrogen and oxygen atoms in total. The number of ether oxygens (including phenoxy) is 1. The van der Waals surface area contributed by atoms with Gasteiger partial charge in [0, 0.05) is 30.7 Å². The molecule has 0 aliphatic heterocycles. The fraction of sp³-hybridized carbons (Fsp3) is 0.278. The number of nitrogens with one attached hydrogen (secondary N) is 2. The number of aliphatic imine (C=N–C) groups is 1. The summed E-state index contributed by atoms with van der Waals surface area (Å²) in [5.41, 5.74) is 3.37. The maximum atomic E-state index is 5.99. The van der Waals surface area contributed by atoms with Gasteiger partial charge in [0.2, 0.25) is 0 Å². The van der Waals surface area contributed by atoms with Gasteiger partial charge in [0.15, 0.2) is 5.96 Å². The van der Waals surface area contributed by atoms with Crippen LogP contribution in [0, 0.1) is 6.92 Å². The van der Waals surface area contributed by atoms with Gasteiger partial charge < -0.3 is 15.4 Å². The fourth-order valence-electron chi connectivity index (χ4n) is 2.23. The van der Waals surface area contributed by atoms with Crippen molar-refractivity contribution >= 4 is 17.6 Å². The van der Waals surface area contributed by atoms with Gasteiger partial charge in [-0.3, -0.25) is 4.99 Å². The van der Waals surface area contributed by atoms with Crippen LogP contribution in [0.4, 0.5) is 0 Å². The second kappa shape index (κ2) is 8.44. The molecule has 0 heterocycles. The van der Waals surface area contributed by atoms with Crippen molar-refractivity contribution in [2.75, 3.05) is 14.2 Å². The lowest BCUT2D eigenvalue weighted by Crippen LogP contribution is -2.36. The Labute approximate surface area is 142 Å². The molecule has 0 saturated carbocycles. The summed E-state index contributed by atoms with van der Waals surface area (Å²) in [6, 6.07) is 13.9. The molecule has 0 aliphatic rings. The van der Waals surface area contributed by atoms with Gasteiger partial charge >= 0.3 is 0 Å². The van der Waals surface area contributed by atoms with E-state index in [9.17, 15) is 0 Å². The summed E-state index contributed by atoms with van der Waals surface area (Å²) in [5, 5.41) is 7.30. The Bertz CT molecular complexity index is 686. The van der Waals surface area contributed by atoms with Gasteiger partial charge in [-0.05, 0) is 36.2 Å². The van der Waals surface area contributed by atoms with Gasteiger partial charge in [-0.25, -0.2) is 0 Å². The minimum atomic E-state index is 0.638. The van der Waals surface area contributed by atoms with E-state index in [1.54, 1.807) is 14.2 Å². The zero-order valence-electron chi connectivity index (χ0n) is 13.7. The van der Waals surface area contributed by atoms with Crippen LogP contribution in [0.15, 0.2) is 47.5 Å². The summed E-state index contributed by atoms with van der Waals surface area (Å²) in [6.45, 7) is 3.34. The maximum Gasteiger partial charge on any atom is 0.191 e. The summed E-state index contributed by atoms with van der Waals surface area (Å²) in [4.78, 5) is 4.23. The Balaban J connectivity index is 1.93. The Morgan fingerprint density at radius 3 is 2.61 bits per heavy atom. The number of guanidine groups is 1. The Kier molecular flexibility index (Phi) is 6.29. The number of halogens is 1. The molecule has 0 saturated heterocycles. The third kappa shape index (κ3) is 5.18. The quantitative estimate of drug-likeness (QED) is 0.651. The molecule has 2 N–H and O–H groups in total. The van der Waals surface area contributed by atoms with Crippen molar-refractivity contribution < 1.29 is 4.74 Å². The monoisotopic (exact) mass is 331 g/mol. The normalized spacial score (nSPS) is 11.2. The SMILES string of the molecule is CN=C(NCc1cccc(Cl)c1)NCc1ccc(C)cc1OC. The van der Waals surface area contributed by atoms with Crippen LogP contribution in [-0.2, 0) is 13.1 Å². The molecule has 122 valence electrons. The van der Waals surface area contributed by atoms with E-state index in [0.717, 1.165) is 27.9 Å². The first-order valence-electron chi connectivity index (χ1n) is 7.45. The van der Waals surface area contributed by atoms with Crippen LogP contribution in [0.1, 0.15) is 16.7 Å². The van der Waals surface area contributed by atoms with Crippen LogP contribution in [-0.4, -0.2) is 20.1 Å². The highest BCUT2D eigenvalue weighted by atomic mass is 35.5. The molecule has 0 aliphatic carbocycles. The third-order valence-corrected chi connectivity index (χ3v) is 3.70. The largest absolute Gasteiger partial charge is 0.496 e. The Morgan fingerprint density at radius 1 is 1.13 bits per heavy atom. The Morgan fingerprint density at radius 2 is 1.91 bits per heavy atom. The standard InChI is InChI=1S/C18H22ClN3O/c1-13-7-8-15(17(9-13)23-3)12-22-18(20-2)21-11-14-5-4-6-16(19)10-14/h4-10H,11-12H2,1-3H3,(H2,20,21,22). The smallest absolute Gasteiger partial charge is 0.191 e. The third-order valence-electron chi connectivity index (χ3n) is 3.46. The number of hydrogen-bond donors (Lipinski definition) is 2. The van der Waals surface area contributed by atoms with Crippen LogP contribution in [0.3, 0.4) is 0 Å². The lowest BCUT2D eigenvalue weighted by atomic mass is 10.1. The van der Waals surface area contributed by atoms with Crippen LogP contribution in [0.2, 0.25) is 5.02 Å². The molecule has 5 heteroatoms. The first-order chi connectivity index (χ1) is 11.1. The molecule has 0 radical (unpaired) electrons. The minimum absolute atomic E-state index is 0.638. The van der Waals surface area contributed by atoms with Crippen molar-refractivity contribution in [3.8, 4) is 5.75 Å². The van der Waals surface area contributed by atoms with Crippen molar-refractivity contribution in [3.63, 3.8) is 0 Å². The molecule has 2 aromatic carbocycles. The lowest BCUT2D eigenvalue weighted by molar-refractivity contribution is 0.408. The second-order valence-corrected chi connectivity index (χ2v) is 5.66. The van der Waals surface area contributed by atoms with Crippen LogP contribution < -0.4 is 15.4 Å². The van der Waals surface area contributed by atoms with E-state index in [4.69, 9.17) is 16.3 Å². The Hall–Kier alpha value is -2.20. The summed E-state index contributed by atoms with van der Waals surface area (Å²) >= 11 is 5.99. The van der Waals surface area contributed by atoms with Gasteiger partial charge in [-0.2, -0.15) is 0 Å². The molecule has 23 heavy (non-hydrogen) atoms. The number of hydrogen-bond acceptors (Lipinski definition) is 2. The van der Waals surface area contributed by atoms with Crippen molar-refractivity contribution in [2.45, 2.75) is 20.0 Å². The average Bonchev–Trinajstić information content (AvgIpc) is 2.56. The number of nitrogens with zero attached hydrogens (tertiary/aromatic N) is 1. The first kappa shape index (κ1) is 17.2. The average molecular weight is 332 g/mol. The topological polar surface area (TPSA) is 45.7 Å². The molecule has 0 fully saturated rings. The fourth-order valence-corrected chi connectivity index (χ4v) is 2.44. The van der Waals surface area contributed by atoms with Gasteiger partial charge in [0.05, 0.1) is 7.11 Å². The second-order valence-electron chi connectivity index (χ2n) is 5.22. The van der Waals surface area contributed by atoms with Crippen LogP contribution >= 0.6 is 11.6 Å². The summed E-state index contributed by atoms with van der Waals surface area (Å²) < 4.78 is 5.42. The van der Waals surface area contributed by atoms with Crippen molar-refractivity contribution in [1.82, 2.24) is 10.6 Å². The van der Waals surface area contributed by atoms with Crippen LogP contribution in [0.25, 0.3) is 0 Å². The lowest BCUT2D eigenvalue weighted by Gasteiger charge is -2.14. The van der Waals surface area contributed by atoms with Gasteiger partial charge in [0.1, 0.15) is 5.75 Å². The first-order valence-corrected chi connectivity index (χ1v) is 7.82. The number of benzene rings is 2. The van der Waals surface area contributed by atoms with E-state index in [1.165, 1.54) is 5.56 Å². The number of aryl methyl sites for hydroxylation is 1. The van der Waals surface area contributed by atoms with Crippen molar-refractivity contribution in [3.05, 3.63) is 64.2 Å². The maximum absolute atomic E-state index is 5.99. The van der Waals surface area contributed by atoms with E-state index >= 15 is 0 Å². The van der Waals surface area contributed by atoms with E-state index < -0.39 is 0 Å². The highest BCUT2D eigenvalue weighted by Gasteiger charge is 2.05. The van der Waals surface area contributed by atoms with Gasteiger partial charge in [-0.15, -0.1) is 0 Å². The van der Waals surface area contributed by atoms with Gasteiger partial charge in [-0.1, -0.05) is 35.9 Å². The molecule has 0 spiro atoms. The van der Waals surface area contributed by atoms with E-state index in [2.05, 4.69) is 27.8 Å². The molecule has 0 unspecified atom stereocenters. The zero-order chi connectivity index (χ0) is 16.7. The highest BCUT2D eigenvalue weighted by Crippen LogP contribution is 2.19. The highest BCUT2D eigenvalue weighted by molar-refractivity contribution is 6.30. The minimum Gasteiger partial charge on any atom is -0.496 e. The van der Waals surface area contributed by atoms with Crippen molar-refractivity contribution in [2.24, 2.45) is 4.99 Å². The predicted octanol–water partition coefficient (Wildman–Crippen LogP) is 3.52. The molecular formula is C18H22ClN3O. The molecule has 2 aromatic rings. The zero-order valence-corrected chi connectivity index (χ0v) is 14.4. The van der Waals surface area contributed by atoms with Crippen LogP contribution in [0.5, 0.6) is 5.75 Å². The summed E-state index contributed by atoms with van der Waals surface area (Å²) in [7, 11) is 3.43. The van der Waals surface area contributed by atoms with E-state index in [-0.39, 0.29) is 0 Å². The van der Waals surface area contributed by atoms with Crippen molar-refractivity contribution in [1.29, 1.82) is 0 Å². The predicted molar refractivity (Wildman–Crippen MR) is 96.2 cm³/mol. The van der Waals surface area contributed by atoms with E-state index in [0.29, 0.717) is 13.1 Å². The number of methoxy groups -OCH3 is 1. The number of rotatable bonds is 5. The van der Waals surface area contributed by atoms with E-state index in [1.807, 2.05) is 37.3 Å². The molecule has 2 rings (SSSR count). The molecule has 0 bridgehead atoms. The van der Waals surface area contributed by atoms with Gasteiger partial charge in [0.25, 0.3) is 0 Å². The molecular weight excluding hydrogens is 310 g/mol. The summed E-state index contributed by atoms with van der Waals surface area (Å²) in [5.74, 6) is 1.61. The molecule has 0 atom stereocenters. The molecule has 0 amide bonds. The molecule has 0 aromatic heterocycles. The summed E-state index contributed by atoms with van der Waals surface area (Å²) in [6.07, 6.45) is 0.